The molecule has 184 valence electrons. The van der Waals surface area contributed by atoms with Gasteiger partial charge in [-0.15, -0.1) is 0 Å². The normalized spacial score (nSPS) is 13.6. The Labute approximate surface area is 211 Å². The zero-order valence-electron chi connectivity index (χ0n) is 19.8. The zero-order chi connectivity index (χ0) is 25.7. The molecule has 0 saturated heterocycles. The molecule has 3 heterocycles. The van der Waals surface area contributed by atoms with Gasteiger partial charge in [-0.25, -0.2) is 19.2 Å². The molecular weight excluding hydrogens is 485 g/mol. The van der Waals surface area contributed by atoms with Gasteiger partial charge in [0.2, 0.25) is 5.95 Å². The minimum atomic E-state index is -1.21. The fraction of sp³-hybridized carbons (Fsp3) is 0.231. The summed E-state index contributed by atoms with van der Waals surface area (Å²) in [6.45, 7) is 4.70. The predicted molar refractivity (Wildman–Crippen MR) is 136 cm³/mol. The second kappa shape index (κ2) is 8.91. The van der Waals surface area contributed by atoms with Gasteiger partial charge in [0.05, 0.1) is 22.6 Å². The van der Waals surface area contributed by atoms with Crippen LogP contribution in [0.2, 0.25) is 5.15 Å². The van der Waals surface area contributed by atoms with Crippen LogP contribution in [-0.4, -0.2) is 25.6 Å². The number of fused-ring (bicyclic) bond motifs is 2. The summed E-state index contributed by atoms with van der Waals surface area (Å²) in [7, 11) is 1.68. The molecule has 2 aromatic carbocycles. The van der Waals surface area contributed by atoms with Crippen molar-refractivity contribution in [3.8, 4) is 0 Å². The van der Waals surface area contributed by atoms with E-state index in [1.165, 1.54) is 22.8 Å². The maximum Gasteiger partial charge on any atom is 0.356 e. The number of hydrogen-bond donors (Lipinski definition) is 2. The number of hydrogen-bond acceptors (Lipinski definition) is 6. The summed E-state index contributed by atoms with van der Waals surface area (Å²) >= 11 is 5.89. The van der Waals surface area contributed by atoms with Gasteiger partial charge in [0, 0.05) is 25.7 Å². The fourth-order valence-electron chi connectivity index (χ4n) is 4.68. The quantitative estimate of drug-likeness (QED) is 0.373. The lowest BCUT2D eigenvalue weighted by Gasteiger charge is -2.23. The number of pyridine rings is 1. The summed E-state index contributed by atoms with van der Waals surface area (Å²) in [5.74, 6) is -1.03. The topological polar surface area (TPSA) is 100 Å². The van der Waals surface area contributed by atoms with Crippen LogP contribution >= 0.6 is 11.6 Å². The molecule has 1 atom stereocenters. The van der Waals surface area contributed by atoms with Crippen molar-refractivity contribution >= 4 is 40.1 Å². The van der Waals surface area contributed by atoms with Crippen LogP contribution in [0.15, 0.2) is 47.3 Å². The van der Waals surface area contributed by atoms with E-state index >= 15 is 0 Å². The molecule has 0 bridgehead atoms. The number of rotatable bonds is 5. The summed E-state index contributed by atoms with van der Waals surface area (Å²) in [4.78, 5) is 35.9. The molecule has 0 spiro atoms. The van der Waals surface area contributed by atoms with Crippen LogP contribution in [0.25, 0.3) is 10.9 Å². The predicted octanol–water partition coefficient (Wildman–Crippen LogP) is 4.82. The second-order valence-corrected chi connectivity index (χ2v) is 9.38. The van der Waals surface area contributed by atoms with Crippen LogP contribution in [0.3, 0.4) is 0 Å². The minimum Gasteiger partial charge on any atom is -0.476 e. The Morgan fingerprint density at radius 1 is 1.14 bits per heavy atom. The van der Waals surface area contributed by atoms with E-state index in [4.69, 9.17) is 16.6 Å². The maximum absolute atomic E-state index is 13.8. The van der Waals surface area contributed by atoms with Gasteiger partial charge in [-0.3, -0.25) is 9.36 Å². The summed E-state index contributed by atoms with van der Waals surface area (Å²) in [6.07, 6.45) is 0. The third-order valence-corrected chi connectivity index (χ3v) is 6.62. The lowest BCUT2D eigenvalue weighted by atomic mass is 10.0. The van der Waals surface area contributed by atoms with Gasteiger partial charge in [-0.05, 0) is 60.9 Å². The molecular formula is C26H23ClFN5O3. The number of aromatic carboxylic acids is 1. The lowest BCUT2D eigenvalue weighted by molar-refractivity contribution is 0.0691. The molecule has 1 aliphatic rings. The minimum absolute atomic E-state index is 0.0768. The molecule has 8 nitrogen and oxygen atoms in total. The molecule has 0 saturated carbocycles. The van der Waals surface area contributed by atoms with Crippen molar-refractivity contribution < 1.29 is 14.3 Å². The Kier molecular flexibility index (Phi) is 5.88. The number of carboxylic acid groups (broad SMARTS) is 1. The smallest absolute Gasteiger partial charge is 0.356 e. The first-order chi connectivity index (χ1) is 17.1. The first kappa shape index (κ1) is 23.7. The fourth-order valence-corrected chi connectivity index (χ4v) is 4.83. The van der Waals surface area contributed by atoms with Crippen molar-refractivity contribution in [1.29, 1.82) is 0 Å². The number of halogens is 2. The third-order valence-electron chi connectivity index (χ3n) is 6.41. The number of nitrogens with zero attached hydrogens (tertiary/aromatic N) is 4. The maximum atomic E-state index is 13.8. The first-order valence-electron chi connectivity index (χ1n) is 11.3. The monoisotopic (exact) mass is 507 g/mol. The zero-order valence-corrected chi connectivity index (χ0v) is 20.6. The van der Waals surface area contributed by atoms with Crippen LogP contribution in [-0.2, 0) is 20.1 Å². The number of benzene rings is 2. The summed E-state index contributed by atoms with van der Waals surface area (Å²) in [6, 6.07) is 11.1. The SMILES string of the molecule is Cc1cc([C@H](C)Nc2ccc(Cl)nc2C(=O)O)c2nc(N3Cc4ccc(F)cc4C3)n(C)c(=O)c2c1. The van der Waals surface area contributed by atoms with E-state index in [1.807, 2.05) is 24.8 Å². The van der Waals surface area contributed by atoms with E-state index in [9.17, 15) is 19.1 Å². The average Bonchev–Trinajstić information content (AvgIpc) is 3.25. The highest BCUT2D eigenvalue weighted by Crippen LogP contribution is 2.31. The van der Waals surface area contributed by atoms with Crippen molar-refractivity contribution in [2.75, 3.05) is 10.2 Å². The summed E-state index contributed by atoms with van der Waals surface area (Å²) in [5, 5.41) is 13.3. The van der Waals surface area contributed by atoms with Gasteiger partial charge in [0.25, 0.3) is 5.56 Å². The highest BCUT2D eigenvalue weighted by atomic mass is 35.5. The molecule has 0 aliphatic carbocycles. The number of carboxylic acids is 1. The Balaban J connectivity index is 1.60. The Hall–Kier alpha value is -3.98. The van der Waals surface area contributed by atoms with Crippen LogP contribution in [0.1, 0.15) is 45.7 Å². The van der Waals surface area contributed by atoms with Gasteiger partial charge < -0.3 is 15.3 Å². The van der Waals surface area contributed by atoms with Crippen molar-refractivity contribution in [1.82, 2.24) is 14.5 Å². The number of aromatic nitrogens is 3. The second-order valence-electron chi connectivity index (χ2n) is 9.00. The van der Waals surface area contributed by atoms with Crippen molar-refractivity contribution in [2.24, 2.45) is 7.05 Å². The average molecular weight is 508 g/mol. The molecule has 36 heavy (non-hydrogen) atoms. The first-order valence-corrected chi connectivity index (χ1v) is 11.7. The highest BCUT2D eigenvalue weighted by molar-refractivity contribution is 6.29. The van der Waals surface area contributed by atoms with E-state index in [-0.39, 0.29) is 22.2 Å². The molecule has 0 unspecified atom stereocenters. The Bertz CT molecular complexity index is 1600. The van der Waals surface area contributed by atoms with Gasteiger partial charge >= 0.3 is 5.97 Å². The van der Waals surface area contributed by atoms with Crippen LogP contribution < -0.4 is 15.8 Å². The van der Waals surface area contributed by atoms with E-state index in [0.29, 0.717) is 35.6 Å². The molecule has 0 fully saturated rings. The molecule has 5 rings (SSSR count). The van der Waals surface area contributed by atoms with E-state index in [0.717, 1.165) is 22.3 Å². The van der Waals surface area contributed by atoms with Gasteiger partial charge in [0.15, 0.2) is 5.69 Å². The van der Waals surface area contributed by atoms with Crippen molar-refractivity contribution in [3.05, 3.63) is 91.7 Å². The summed E-state index contributed by atoms with van der Waals surface area (Å²) < 4.78 is 15.3. The van der Waals surface area contributed by atoms with E-state index in [2.05, 4.69) is 10.3 Å². The van der Waals surface area contributed by atoms with Gasteiger partial charge in [-0.1, -0.05) is 23.7 Å². The van der Waals surface area contributed by atoms with E-state index < -0.39 is 12.0 Å². The standard InChI is InChI=1S/C26H23ClFN5O3/c1-13-8-18(14(2)29-20-6-7-21(27)30-23(20)25(35)36)22-19(9-13)24(34)32(3)26(31-22)33-11-15-4-5-17(28)10-16(15)12-33/h4-10,14,29H,11-12H2,1-3H3,(H,35,36)/t14-/m0/s1. The van der Waals surface area contributed by atoms with Crippen molar-refractivity contribution in [2.45, 2.75) is 33.0 Å². The number of nitrogens with one attached hydrogen (secondary N) is 1. The molecule has 1 aliphatic heterocycles. The molecule has 2 aromatic heterocycles. The third kappa shape index (κ3) is 4.15. The van der Waals surface area contributed by atoms with Gasteiger partial charge in [-0.2, -0.15) is 0 Å². The Morgan fingerprint density at radius 3 is 2.64 bits per heavy atom. The molecule has 10 heteroatoms. The van der Waals surface area contributed by atoms with Crippen LogP contribution in [0.5, 0.6) is 0 Å². The van der Waals surface area contributed by atoms with E-state index in [1.54, 1.807) is 25.2 Å². The largest absolute Gasteiger partial charge is 0.476 e. The van der Waals surface area contributed by atoms with Crippen LogP contribution in [0.4, 0.5) is 16.0 Å². The molecule has 4 aromatic rings. The molecule has 0 radical (unpaired) electrons. The van der Waals surface area contributed by atoms with Crippen LogP contribution in [0, 0.1) is 12.7 Å². The molecule has 2 N–H and O–H groups in total. The number of aryl methyl sites for hydroxylation is 1. The summed E-state index contributed by atoms with van der Waals surface area (Å²) in [5.41, 5.74) is 3.87. The lowest BCUT2D eigenvalue weighted by Crippen LogP contribution is -2.28. The van der Waals surface area contributed by atoms with Crippen molar-refractivity contribution in [3.63, 3.8) is 0 Å². The number of anilines is 2. The number of carbonyl (C=O) groups is 1. The molecule has 0 amide bonds. The highest BCUT2D eigenvalue weighted by Gasteiger charge is 2.25. The Morgan fingerprint density at radius 2 is 1.89 bits per heavy atom. The van der Waals surface area contributed by atoms with Gasteiger partial charge in [0.1, 0.15) is 11.0 Å².